The molecule has 1 atom stereocenters. The van der Waals surface area contributed by atoms with E-state index < -0.39 is 0 Å². The number of hydrogen-bond acceptors (Lipinski definition) is 5. The number of para-hydroxylation sites is 1. The Morgan fingerprint density at radius 2 is 1.97 bits per heavy atom. The van der Waals surface area contributed by atoms with Gasteiger partial charge in [-0.2, -0.15) is 0 Å². The number of aromatic nitrogens is 2. The van der Waals surface area contributed by atoms with E-state index in [1.807, 2.05) is 42.3 Å². The van der Waals surface area contributed by atoms with Crippen molar-refractivity contribution in [2.45, 2.75) is 37.0 Å². The van der Waals surface area contributed by atoms with Gasteiger partial charge in [-0.15, -0.1) is 0 Å². The Labute approximate surface area is 196 Å². The maximum absolute atomic E-state index is 13.2. The topological polar surface area (TPSA) is 68.3 Å². The number of furan rings is 1. The fourth-order valence-electron chi connectivity index (χ4n) is 4.49. The highest BCUT2D eigenvalue weighted by Crippen LogP contribution is 2.34. The summed E-state index contributed by atoms with van der Waals surface area (Å²) < 4.78 is 7.06. The number of thioether (sulfide) groups is 1. The molecule has 2 heterocycles. The molecular formula is C26H25N3O3S. The van der Waals surface area contributed by atoms with Gasteiger partial charge in [0.05, 0.1) is 35.5 Å². The van der Waals surface area contributed by atoms with E-state index in [1.54, 1.807) is 23.0 Å². The Morgan fingerprint density at radius 3 is 2.82 bits per heavy atom. The minimum atomic E-state index is -0.137. The van der Waals surface area contributed by atoms with Crippen LogP contribution in [0.1, 0.15) is 35.8 Å². The summed E-state index contributed by atoms with van der Waals surface area (Å²) in [6.45, 7) is 0.270. The predicted molar refractivity (Wildman–Crippen MR) is 129 cm³/mol. The van der Waals surface area contributed by atoms with Gasteiger partial charge in [0.25, 0.3) is 5.56 Å². The van der Waals surface area contributed by atoms with Crippen molar-refractivity contribution in [1.82, 2.24) is 14.5 Å². The molecule has 1 unspecified atom stereocenters. The van der Waals surface area contributed by atoms with Gasteiger partial charge in [0, 0.05) is 7.05 Å². The second kappa shape index (κ2) is 9.27. The SMILES string of the molecule is CN(C(=O)CSc1nc2ccccc2c(=O)n1Cc1ccco1)C1CCCc2ccccc21. The molecule has 1 aliphatic carbocycles. The van der Waals surface area contributed by atoms with Crippen LogP contribution in [0.4, 0.5) is 0 Å². The first-order chi connectivity index (χ1) is 16.1. The van der Waals surface area contributed by atoms with E-state index in [4.69, 9.17) is 9.40 Å². The molecule has 0 radical (unpaired) electrons. The molecule has 0 spiro atoms. The van der Waals surface area contributed by atoms with Crippen LogP contribution < -0.4 is 5.56 Å². The zero-order valence-corrected chi connectivity index (χ0v) is 19.3. The lowest BCUT2D eigenvalue weighted by Crippen LogP contribution is -2.34. The molecule has 1 amide bonds. The van der Waals surface area contributed by atoms with Crippen molar-refractivity contribution >= 4 is 28.6 Å². The van der Waals surface area contributed by atoms with Gasteiger partial charge in [-0.05, 0) is 54.7 Å². The molecule has 0 aliphatic heterocycles. The molecule has 0 N–H and O–H groups in total. The lowest BCUT2D eigenvalue weighted by molar-refractivity contribution is -0.129. The predicted octanol–water partition coefficient (Wildman–Crippen LogP) is 4.67. The van der Waals surface area contributed by atoms with E-state index in [1.165, 1.54) is 22.9 Å². The first-order valence-electron chi connectivity index (χ1n) is 11.1. The smallest absolute Gasteiger partial charge is 0.262 e. The first-order valence-corrected chi connectivity index (χ1v) is 12.1. The number of carbonyl (C=O) groups excluding carboxylic acids is 1. The van der Waals surface area contributed by atoms with Crippen LogP contribution in [-0.4, -0.2) is 33.2 Å². The number of rotatable bonds is 6. The van der Waals surface area contributed by atoms with E-state index in [-0.39, 0.29) is 29.8 Å². The van der Waals surface area contributed by atoms with Gasteiger partial charge < -0.3 is 9.32 Å². The Bertz CT molecular complexity index is 1350. The van der Waals surface area contributed by atoms with E-state index in [0.717, 1.165) is 19.3 Å². The number of amides is 1. The summed E-state index contributed by atoms with van der Waals surface area (Å²) in [4.78, 5) is 32.9. The third kappa shape index (κ3) is 4.33. The zero-order chi connectivity index (χ0) is 22.8. The average molecular weight is 460 g/mol. The van der Waals surface area contributed by atoms with Gasteiger partial charge in [0.1, 0.15) is 5.76 Å². The fourth-order valence-corrected chi connectivity index (χ4v) is 5.41. The molecule has 0 saturated carbocycles. The molecule has 0 fully saturated rings. The van der Waals surface area contributed by atoms with Crippen LogP contribution >= 0.6 is 11.8 Å². The van der Waals surface area contributed by atoms with Crippen LogP contribution in [0.25, 0.3) is 10.9 Å². The molecule has 4 aromatic rings. The van der Waals surface area contributed by atoms with Crippen molar-refractivity contribution in [2.24, 2.45) is 0 Å². The minimum Gasteiger partial charge on any atom is -0.467 e. The normalized spacial score (nSPS) is 15.4. The Balaban J connectivity index is 1.40. The molecule has 6 nitrogen and oxygen atoms in total. The summed E-state index contributed by atoms with van der Waals surface area (Å²) in [5.41, 5.74) is 3.05. The van der Waals surface area contributed by atoms with Crippen molar-refractivity contribution in [3.63, 3.8) is 0 Å². The second-order valence-corrected chi connectivity index (χ2v) is 9.22. The zero-order valence-electron chi connectivity index (χ0n) is 18.4. The molecular weight excluding hydrogens is 434 g/mol. The number of benzene rings is 2. The van der Waals surface area contributed by atoms with Gasteiger partial charge in [-0.3, -0.25) is 14.2 Å². The summed E-state index contributed by atoms with van der Waals surface area (Å²) in [6.07, 6.45) is 4.67. The summed E-state index contributed by atoms with van der Waals surface area (Å²) >= 11 is 1.30. The molecule has 2 aromatic heterocycles. The minimum absolute atomic E-state index is 0.0219. The van der Waals surface area contributed by atoms with Crippen LogP contribution in [-0.2, 0) is 17.8 Å². The quantitative estimate of drug-likeness (QED) is 0.310. The van der Waals surface area contributed by atoms with E-state index >= 15 is 0 Å². The van der Waals surface area contributed by atoms with Crippen molar-refractivity contribution in [3.8, 4) is 0 Å². The standard InChI is InChI=1S/C26H25N3O3S/c1-28(23-14-6-9-18-8-2-3-11-20(18)23)24(30)17-33-26-27-22-13-5-4-12-21(22)25(31)29(26)16-19-10-7-15-32-19/h2-5,7-8,10-13,15,23H,6,9,14,16-17H2,1H3. The average Bonchev–Trinajstić information content (AvgIpc) is 3.37. The van der Waals surface area contributed by atoms with Crippen molar-refractivity contribution < 1.29 is 9.21 Å². The molecule has 2 aromatic carbocycles. The number of fused-ring (bicyclic) bond motifs is 2. The van der Waals surface area contributed by atoms with E-state index in [2.05, 4.69) is 18.2 Å². The Kier molecular flexibility index (Phi) is 6.05. The van der Waals surface area contributed by atoms with Crippen LogP contribution in [0.3, 0.4) is 0 Å². The van der Waals surface area contributed by atoms with Crippen LogP contribution in [0, 0.1) is 0 Å². The van der Waals surface area contributed by atoms with Crippen molar-refractivity contribution in [2.75, 3.05) is 12.8 Å². The number of carbonyl (C=O) groups is 1. The monoisotopic (exact) mass is 459 g/mol. The highest BCUT2D eigenvalue weighted by Gasteiger charge is 2.27. The molecule has 33 heavy (non-hydrogen) atoms. The third-order valence-corrected chi connectivity index (χ3v) is 7.21. The van der Waals surface area contributed by atoms with E-state index in [0.29, 0.717) is 21.8 Å². The Morgan fingerprint density at radius 1 is 1.15 bits per heavy atom. The van der Waals surface area contributed by atoms with Gasteiger partial charge in [-0.25, -0.2) is 4.98 Å². The molecule has 5 rings (SSSR count). The van der Waals surface area contributed by atoms with E-state index in [9.17, 15) is 9.59 Å². The van der Waals surface area contributed by atoms with Gasteiger partial charge >= 0.3 is 0 Å². The Hall–Kier alpha value is -3.32. The largest absolute Gasteiger partial charge is 0.467 e. The van der Waals surface area contributed by atoms with Gasteiger partial charge in [0.15, 0.2) is 5.16 Å². The molecule has 168 valence electrons. The van der Waals surface area contributed by atoms with Crippen LogP contribution in [0.2, 0.25) is 0 Å². The molecule has 1 aliphatic rings. The maximum atomic E-state index is 13.2. The summed E-state index contributed by atoms with van der Waals surface area (Å²) in [6, 6.07) is 19.4. The number of nitrogens with zero attached hydrogens (tertiary/aromatic N) is 3. The fraction of sp³-hybridized carbons (Fsp3) is 0.269. The van der Waals surface area contributed by atoms with Crippen molar-refractivity contribution in [3.05, 3.63) is 94.2 Å². The highest BCUT2D eigenvalue weighted by atomic mass is 32.2. The van der Waals surface area contributed by atoms with Crippen LogP contribution in [0.15, 0.2) is 81.3 Å². The lowest BCUT2D eigenvalue weighted by Gasteiger charge is -2.33. The van der Waals surface area contributed by atoms with Gasteiger partial charge in [0.2, 0.25) is 5.91 Å². The maximum Gasteiger partial charge on any atom is 0.262 e. The summed E-state index contributed by atoms with van der Waals surface area (Å²) in [7, 11) is 1.87. The summed E-state index contributed by atoms with van der Waals surface area (Å²) in [5, 5.41) is 1.07. The van der Waals surface area contributed by atoms with Crippen molar-refractivity contribution in [1.29, 1.82) is 0 Å². The number of aryl methyl sites for hydroxylation is 1. The second-order valence-electron chi connectivity index (χ2n) is 8.28. The highest BCUT2D eigenvalue weighted by molar-refractivity contribution is 7.99. The molecule has 0 bridgehead atoms. The first kappa shape index (κ1) is 21.5. The molecule has 0 saturated heterocycles. The molecule has 7 heteroatoms. The lowest BCUT2D eigenvalue weighted by atomic mass is 9.87. The van der Waals surface area contributed by atoms with Crippen LogP contribution in [0.5, 0.6) is 0 Å². The number of hydrogen-bond donors (Lipinski definition) is 0. The third-order valence-electron chi connectivity index (χ3n) is 6.24. The van der Waals surface area contributed by atoms with Gasteiger partial charge in [-0.1, -0.05) is 48.2 Å². The summed E-state index contributed by atoms with van der Waals surface area (Å²) in [5.74, 6) is 0.893.